The highest BCUT2D eigenvalue weighted by Gasteiger charge is 2.09. The van der Waals surface area contributed by atoms with Crippen LogP contribution in [-0.4, -0.2) is 75.0 Å². The number of nitrogens with one attached hydrogen (secondary N) is 1. The molecule has 0 unspecified atom stereocenters. The number of hydrogen-bond donors (Lipinski definition) is 3. The van der Waals surface area contributed by atoms with E-state index < -0.39 is 0 Å². The van der Waals surface area contributed by atoms with Gasteiger partial charge in [0.1, 0.15) is 5.75 Å². The molecule has 6 nitrogen and oxygen atoms in total. The average Bonchev–Trinajstić information content (AvgIpc) is 2.88. The lowest BCUT2D eigenvalue weighted by molar-refractivity contribution is -0.122. The van der Waals surface area contributed by atoms with Gasteiger partial charge in [0.15, 0.2) is 5.78 Å². The number of anilines is 1. The van der Waals surface area contributed by atoms with Crippen molar-refractivity contribution in [2.24, 2.45) is 0 Å². The molecule has 0 atom stereocenters. The summed E-state index contributed by atoms with van der Waals surface area (Å²) < 4.78 is 5.83. The number of thiol groups is 2. The number of ether oxygens (including phenoxy) is 1. The minimum absolute atomic E-state index is 0.0326. The van der Waals surface area contributed by atoms with Crippen LogP contribution >= 0.6 is 25.3 Å². The van der Waals surface area contributed by atoms with E-state index in [0.29, 0.717) is 31.0 Å². The molecule has 0 aliphatic rings. The highest BCUT2D eigenvalue weighted by Crippen LogP contribution is 2.16. The number of allylic oxidation sites excluding steroid dienone is 1. The molecule has 0 radical (unpaired) electrons. The first-order valence-corrected chi connectivity index (χ1v) is 13.6. The first-order chi connectivity index (χ1) is 17.4. The summed E-state index contributed by atoms with van der Waals surface area (Å²) in [6, 6.07) is 15.3. The van der Waals surface area contributed by atoms with Crippen LogP contribution in [0.2, 0.25) is 0 Å². The summed E-state index contributed by atoms with van der Waals surface area (Å²) in [6.45, 7) is 3.25. The number of hydrogen-bond acceptors (Lipinski definition) is 7. The fraction of sp³-hybridized carbons (Fsp3) is 0.429. The zero-order chi connectivity index (χ0) is 26.2. The molecule has 0 saturated heterocycles. The third kappa shape index (κ3) is 11.5. The second-order valence-electron chi connectivity index (χ2n) is 8.69. The van der Waals surface area contributed by atoms with Gasteiger partial charge in [-0.15, -0.1) is 0 Å². The topological polar surface area (TPSA) is 61.9 Å². The third-order valence-corrected chi connectivity index (χ3v) is 6.00. The smallest absolute Gasteiger partial charge is 0.234 e. The molecular formula is C28H39N3O3S2. The van der Waals surface area contributed by atoms with Crippen LogP contribution in [0, 0.1) is 0 Å². The van der Waals surface area contributed by atoms with E-state index >= 15 is 0 Å². The number of rotatable bonds is 17. The van der Waals surface area contributed by atoms with Crippen LogP contribution in [0.4, 0.5) is 5.69 Å². The maximum absolute atomic E-state index is 12.5. The van der Waals surface area contributed by atoms with E-state index in [0.717, 1.165) is 55.1 Å². The lowest BCUT2D eigenvalue weighted by Crippen LogP contribution is -2.39. The van der Waals surface area contributed by atoms with E-state index in [-0.39, 0.29) is 11.7 Å². The van der Waals surface area contributed by atoms with Gasteiger partial charge >= 0.3 is 0 Å². The van der Waals surface area contributed by atoms with Crippen molar-refractivity contribution < 1.29 is 14.3 Å². The van der Waals surface area contributed by atoms with Crippen molar-refractivity contribution >= 4 is 48.7 Å². The van der Waals surface area contributed by atoms with Crippen molar-refractivity contribution in [3.63, 3.8) is 0 Å². The van der Waals surface area contributed by atoms with Crippen molar-refractivity contribution in [3.05, 3.63) is 65.7 Å². The van der Waals surface area contributed by atoms with E-state index in [1.165, 1.54) is 0 Å². The Bertz CT molecular complexity index is 948. The van der Waals surface area contributed by atoms with Crippen molar-refractivity contribution in [3.8, 4) is 5.75 Å². The predicted molar refractivity (Wildman–Crippen MR) is 157 cm³/mol. The SMILES string of the molecule is CN(C)c1ccc(/C=C/C(=O)c2ccc(OCCCCCN(CCS)CC(=O)NCCS)cc2)cc1. The second-order valence-corrected chi connectivity index (χ2v) is 9.58. The van der Waals surface area contributed by atoms with Gasteiger partial charge in [-0.2, -0.15) is 25.3 Å². The van der Waals surface area contributed by atoms with Gasteiger partial charge in [0.05, 0.1) is 13.2 Å². The van der Waals surface area contributed by atoms with E-state index in [9.17, 15) is 9.59 Å². The maximum Gasteiger partial charge on any atom is 0.234 e. The fourth-order valence-electron chi connectivity index (χ4n) is 3.54. The number of amides is 1. The minimum Gasteiger partial charge on any atom is -0.494 e. The summed E-state index contributed by atoms with van der Waals surface area (Å²) in [4.78, 5) is 28.6. The molecule has 0 aliphatic carbocycles. The van der Waals surface area contributed by atoms with Crippen LogP contribution in [0.1, 0.15) is 35.2 Å². The highest BCUT2D eigenvalue weighted by atomic mass is 32.1. The molecule has 2 aromatic rings. The molecule has 1 N–H and O–H groups in total. The first-order valence-electron chi connectivity index (χ1n) is 12.4. The molecule has 8 heteroatoms. The van der Waals surface area contributed by atoms with Crippen molar-refractivity contribution in [2.45, 2.75) is 19.3 Å². The van der Waals surface area contributed by atoms with Crippen LogP contribution in [0.15, 0.2) is 54.6 Å². The van der Waals surface area contributed by atoms with Gasteiger partial charge in [-0.05, 0) is 73.8 Å². The Morgan fingerprint density at radius 3 is 2.28 bits per heavy atom. The van der Waals surface area contributed by atoms with Gasteiger partial charge in [0.25, 0.3) is 0 Å². The fourth-order valence-corrected chi connectivity index (χ4v) is 3.93. The summed E-state index contributed by atoms with van der Waals surface area (Å²) >= 11 is 8.41. The quantitative estimate of drug-likeness (QED) is 0.122. The molecule has 0 aromatic heterocycles. The maximum atomic E-state index is 12.5. The van der Waals surface area contributed by atoms with Gasteiger partial charge < -0.3 is 15.0 Å². The molecule has 1 amide bonds. The summed E-state index contributed by atoms with van der Waals surface area (Å²) in [5.41, 5.74) is 2.74. The zero-order valence-electron chi connectivity index (χ0n) is 21.4. The number of unbranched alkanes of at least 4 members (excludes halogenated alkanes) is 2. The second kappa shape index (κ2) is 17.1. The molecule has 36 heavy (non-hydrogen) atoms. The molecular weight excluding hydrogens is 490 g/mol. The first kappa shape index (κ1) is 29.8. The minimum atomic E-state index is -0.0386. The monoisotopic (exact) mass is 529 g/mol. The number of nitrogens with zero attached hydrogens (tertiary/aromatic N) is 2. The van der Waals surface area contributed by atoms with Gasteiger partial charge in [0, 0.05) is 49.9 Å². The summed E-state index contributed by atoms with van der Waals surface area (Å²) in [5, 5.41) is 2.85. The Kier molecular flexibility index (Phi) is 14.2. The highest BCUT2D eigenvalue weighted by molar-refractivity contribution is 7.80. The van der Waals surface area contributed by atoms with Gasteiger partial charge in [-0.25, -0.2) is 0 Å². The standard InChI is InChI=1S/C28H39N3O3S2/c1-30(2)25-11-6-23(7-12-25)8-15-27(32)24-9-13-26(14-10-24)34-19-5-3-4-17-31(18-21-36)22-28(33)29-16-20-35/h6-15,35-36H,3-5,16-22H2,1-2H3,(H,29,33)/b15-8+. The Hall–Kier alpha value is -2.42. The molecule has 0 spiro atoms. The Morgan fingerprint density at radius 2 is 1.64 bits per heavy atom. The lowest BCUT2D eigenvalue weighted by Gasteiger charge is -2.20. The molecule has 0 heterocycles. The van der Waals surface area contributed by atoms with Gasteiger partial charge in [-0.1, -0.05) is 18.2 Å². The van der Waals surface area contributed by atoms with E-state index in [4.69, 9.17) is 4.74 Å². The molecule has 2 aromatic carbocycles. The van der Waals surface area contributed by atoms with Crippen LogP contribution in [-0.2, 0) is 4.79 Å². The van der Waals surface area contributed by atoms with E-state index in [2.05, 4.69) is 35.5 Å². The van der Waals surface area contributed by atoms with Crippen molar-refractivity contribution in [1.29, 1.82) is 0 Å². The van der Waals surface area contributed by atoms with Crippen LogP contribution in [0.5, 0.6) is 5.75 Å². The Morgan fingerprint density at radius 1 is 0.917 bits per heavy atom. The summed E-state index contributed by atoms with van der Waals surface area (Å²) in [5.74, 6) is 2.11. The van der Waals surface area contributed by atoms with Crippen molar-refractivity contribution in [2.75, 3.05) is 63.3 Å². The molecule has 0 aliphatic heterocycles. The molecule has 196 valence electrons. The Balaban J connectivity index is 1.69. The molecule has 0 fully saturated rings. The molecule has 0 bridgehead atoms. The van der Waals surface area contributed by atoms with Gasteiger partial charge in [0.2, 0.25) is 5.91 Å². The van der Waals surface area contributed by atoms with Crippen LogP contribution in [0.3, 0.4) is 0 Å². The molecule has 0 saturated carbocycles. The Labute approximate surface area is 226 Å². The van der Waals surface area contributed by atoms with Crippen LogP contribution in [0.25, 0.3) is 6.08 Å². The van der Waals surface area contributed by atoms with Gasteiger partial charge in [-0.3, -0.25) is 14.5 Å². The number of benzene rings is 2. The zero-order valence-corrected chi connectivity index (χ0v) is 23.1. The number of ketones is 1. The predicted octanol–water partition coefficient (Wildman–Crippen LogP) is 4.48. The summed E-state index contributed by atoms with van der Waals surface area (Å²) in [7, 11) is 4.00. The average molecular weight is 530 g/mol. The molecule has 2 rings (SSSR count). The van der Waals surface area contributed by atoms with E-state index in [1.807, 2.05) is 61.5 Å². The number of carbonyl (C=O) groups is 2. The van der Waals surface area contributed by atoms with Crippen LogP contribution < -0.4 is 15.0 Å². The third-order valence-electron chi connectivity index (χ3n) is 5.58. The normalized spacial score (nSPS) is 11.1. The lowest BCUT2D eigenvalue weighted by atomic mass is 10.1. The largest absolute Gasteiger partial charge is 0.494 e. The van der Waals surface area contributed by atoms with E-state index in [1.54, 1.807) is 18.2 Å². The van der Waals surface area contributed by atoms with Crippen molar-refractivity contribution in [1.82, 2.24) is 10.2 Å². The summed E-state index contributed by atoms with van der Waals surface area (Å²) in [6.07, 6.45) is 6.36. The number of carbonyl (C=O) groups excluding carboxylic acids is 2.